The van der Waals surface area contributed by atoms with Crippen molar-refractivity contribution in [2.75, 3.05) is 9.80 Å². The van der Waals surface area contributed by atoms with Gasteiger partial charge in [-0.3, -0.25) is 0 Å². The van der Waals surface area contributed by atoms with Gasteiger partial charge in [0.25, 0.3) is 0 Å². The topological polar surface area (TPSA) is 6.48 Å². The molecule has 4 aromatic rings. The highest BCUT2D eigenvalue weighted by Gasteiger charge is 2.24. The number of hydrogen-bond donors (Lipinski definition) is 0. The third kappa shape index (κ3) is 7.39. The second-order valence-corrected chi connectivity index (χ2v) is 13.4. The van der Waals surface area contributed by atoms with Gasteiger partial charge in [0.1, 0.15) is 0 Å². The van der Waals surface area contributed by atoms with E-state index in [2.05, 4.69) is 181 Å². The van der Waals surface area contributed by atoms with Crippen LogP contribution in [-0.2, 0) is 0 Å². The maximum Gasteiger partial charge on any atom is 0.0562 e. The zero-order chi connectivity index (χ0) is 33.6. The van der Waals surface area contributed by atoms with Crippen molar-refractivity contribution in [1.29, 1.82) is 0 Å². The molecule has 0 spiro atoms. The van der Waals surface area contributed by atoms with Crippen LogP contribution < -0.4 is 9.80 Å². The third-order valence-corrected chi connectivity index (χ3v) is 9.78. The summed E-state index contributed by atoms with van der Waals surface area (Å²) in [5.41, 5.74) is 11.5. The van der Waals surface area contributed by atoms with Crippen LogP contribution in [0.2, 0.25) is 0 Å². The molecule has 0 radical (unpaired) electrons. The molecule has 0 aliphatic heterocycles. The summed E-state index contributed by atoms with van der Waals surface area (Å²) in [7, 11) is 0. The van der Waals surface area contributed by atoms with Gasteiger partial charge in [0.2, 0.25) is 0 Å². The second kappa shape index (κ2) is 14.8. The Morgan fingerprint density at radius 1 is 0.673 bits per heavy atom. The summed E-state index contributed by atoms with van der Waals surface area (Å²) in [5, 5.41) is 2.56. The lowest BCUT2D eigenvalue weighted by molar-refractivity contribution is 0.720. The van der Waals surface area contributed by atoms with E-state index in [1.165, 1.54) is 61.4 Å². The molecule has 2 nitrogen and oxygen atoms in total. The first-order chi connectivity index (χ1) is 24.1. The maximum atomic E-state index is 2.57. The van der Waals surface area contributed by atoms with Crippen LogP contribution in [0.25, 0.3) is 22.4 Å². The Morgan fingerprint density at radius 2 is 1.43 bits per heavy atom. The van der Waals surface area contributed by atoms with Crippen LogP contribution in [0.3, 0.4) is 0 Å². The van der Waals surface area contributed by atoms with Gasteiger partial charge in [0.15, 0.2) is 0 Å². The number of anilines is 3. The van der Waals surface area contributed by atoms with Gasteiger partial charge < -0.3 is 9.80 Å². The minimum Gasteiger partial charge on any atom is -0.338 e. The van der Waals surface area contributed by atoms with Gasteiger partial charge in [-0.2, -0.15) is 0 Å². The fourth-order valence-corrected chi connectivity index (χ4v) is 7.31. The summed E-state index contributed by atoms with van der Waals surface area (Å²) in [6.45, 7) is 6.45. The number of hydrogen-bond acceptors (Lipinski definition) is 2. The Morgan fingerprint density at radius 3 is 2.14 bits per heavy atom. The van der Waals surface area contributed by atoms with Crippen molar-refractivity contribution in [3.05, 3.63) is 186 Å². The molecule has 2 heteroatoms. The molecule has 244 valence electrons. The summed E-state index contributed by atoms with van der Waals surface area (Å²) in [6.07, 6.45) is 31.3. The normalized spacial score (nSPS) is 19.2. The number of fused-ring (bicyclic) bond motifs is 1. The number of rotatable bonds is 9. The monoisotopic (exact) mass is 638 g/mol. The van der Waals surface area contributed by atoms with Crippen LogP contribution in [0.5, 0.6) is 0 Å². The molecule has 0 amide bonds. The average molecular weight is 639 g/mol. The molecule has 0 heterocycles. The standard InChI is InChI=1S/C47H46N2/c1-4-5-6-13-37-18-25-42(26-19-37)48(45-16-9-11-35(2)32-45)43-27-20-39(21-28-43)40-22-29-44(30-23-40)49(46-17-10-12-36(3)33-46)47-31-24-38-14-7-8-15-41(38)34-47/h4-9,11-15,18-29,31-34,44-45H,10,16-17,30H2,1-3H3/b5-4-,13-6-. The lowest BCUT2D eigenvalue weighted by Gasteiger charge is -2.36. The third-order valence-electron chi connectivity index (χ3n) is 9.78. The lowest BCUT2D eigenvalue weighted by atomic mass is 9.93. The van der Waals surface area contributed by atoms with Crippen molar-refractivity contribution >= 4 is 39.5 Å². The summed E-state index contributed by atoms with van der Waals surface area (Å²) in [4.78, 5) is 5.05. The average Bonchev–Trinajstić information content (AvgIpc) is 3.13. The molecule has 0 bridgehead atoms. The Bertz CT molecular complexity index is 2040. The fraction of sp³-hybridized carbons (Fsp3) is 0.191. The van der Waals surface area contributed by atoms with E-state index in [0.29, 0.717) is 0 Å². The Hall–Kier alpha value is -5.34. The SMILES string of the molecule is C/C=C\C=C/c1ccc(N(c2ccc(C3=CCC(N(C4=CC(C)=CCC4)c4ccc5ccccc5c4)C=C3)cc2)C2C=C(C)C=CC2)cc1. The van der Waals surface area contributed by atoms with Gasteiger partial charge in [0, 0.05) is 22.8 Å². The van der Waals surface area contributed by atoms with Crippen LogP contribution in [0.4, 0.5) is 17.1 Å². The molecule has 49 heavy (non-hydrogen) atoms. The van der Waals surface area contributed by atoms with E-state index >= 15 is 0 Å². The van der Waals surface area contributed by atoms with Crippen molar-refractivity contribution in [3.8, 4) is 0 Å². The minimum absolute atomic E-state index is 0.266. The van der Waals surface area contributed by atoms with Crippen LogP contribution in [0.15, 0.2) is 175 Å². The zero-order valence-electron chi connectivity index (χ0n) is 29.0. The summed E-state index contributed by atoms with van der Waals surface area (Å²) < 4.78 is 0. The molecule has 0 N–H and O–H groups in total. The molecule has 0 saturated heterocycles. The van der Waals surface area contributed by atoms with Gasteiger partial charge in [-0.15, -0.1) is 0 Å². The molecule has 2 atom stereocenters. The summed E-state index contributed by atoms with van der Waals surface area (Å²) in [5.74, 6) is 0. The number of allylic oxidation sites excluding steroid dienone is 11. The molecule has 2 unspecified atom stereocenters. The molecule has 7 rings (SSSR count). The molecule has 3 aliphatic rings. The first-order valence-corrected chi connectivity index (χ1v) is 17.7. The van der Waals surface area contributed by atoms with Gasteiger partial charge in [-0.25, -0.2) is 0 Å². The molecular formula is C47H46N2. The fourth-order valence-electron chi connectivity index (χ4n) is 7.31. The van der Waals surface area contributed by atoms with E-state index < -0.39 is 0 Å². The maximum absolute atomic E-state index is 2.57. The number of benzene rings is 4. The summed E-state index contributed by atoms with van der Waals surface area (Å²) >= 11 is 0. The van der Waals surface area contributed by atoms with Crippen LogP contribution in [-0.4, -0.2) is 12.1 Å². The van der Waals surface area contributed by atoms with Crippen LogP contribution in [0, 0.1) is 0 Å². The predicted octanol–water partition coefficient (Wildman–Crippen LogP) is 12.7. The van der Waals surface area contributed by atoms with E-state index in [1.807, 2.05) is 13.0 Å². The highest BCUT2D eigenvalue weighted by atomic mass is 15.2. The largest absolute Gasteiger partial charge is 0.338 e. The predicted molar refractivity (Wildman–Crippen MR) is 213 cm³/mol. The van der Waals surface area contributed by atoms with Crippen molar-refractivity contribution in [1.82, 2.24) is 0 Å². The first kappa shape index (κ1) is 32.2. The van der Waals surface area contributed by atoms with Crippen LogP contribution in [0.1, 0.15) is 57.6 Å². The van der Waals surface area contributed by atoms with E-state index in [1.54, 1.807) is 0 Å². The first-order valence-electron chi connectivity index (χ1n) is 17.7. The molecular weight excluding hydrogens is 593 g/mol. The Balaban J connectivity index is 1.14. The molecule has 3 aliphatic carbocycles. The molecule has 0 saturated carbocycles. The van der Waals surface area contributed by atoms with Crippen molar-refractivity contribution in [3.63, 3.8) is 0 Å². The molecule has 0 fully saturated rings. The minimum atomic E-state index is 0.266. The number of nitrogens with zero attached hydrogens (tertiary/aromatic N) is 2. The van der Waals surface area contributed by atoms with E-state index in [0.717, 1.165) is 25.7 Å². The van der Waals surface area contributed by atoms with Gasteiger partial charge in [-0.05, 0) is 116 Å². The van der Waals surface area contributed by atoms with E-state index in [-0.39, 0.29) is 12.1 Å². The van der Waals surface area contributed by atoms with Crippen LogP contribution >= 0.6 is 0 Å². The second-order valence-electron chi connectivity index (χ2n) is 13.4. The lowest BCUT2D eigenvalue weighted by Crippen LogP contribution is -2.34. The molecule has 0 aromatic heterocycles. The quantitative estimate of drug-likeness (QED) is 0.168. The van der Waals surface area contributed by atoms with Crippen molar-refractivity contribution in [2.45, 2.75) is 58.5 Å². The highest BCUT2D eigenvalue weighted by Crippen LogP contribution is 2.36. The zero-order valence-corrected chi connectivity index (χ0v) is 29.0. The van der Waals surface area contributed by atoms with Gasteiger partial charge in [0.05, 0.1) is 12.1 Å². The van der Waals surface area contributed by atoms with E-state index in [4.69, 9.17) is 0 Å². The van der Waals surface area contributed by atoms with Crippen molar-refractivity contribution in [2.24, 2.45) is 0 Å². The smallest absolute Gasteiger partial charge is 0.0562 e. The summed E-state index contributed by atoms with van der Waals surface area (Å²) in [6, 6.07) is 34.2. The Labute approximate surface area is 292 Å². The Kier molecular flexibility index (Phi) is 9.75. The van der Waals surface area contributed by atoms with Gasteiger partial charge >= 0.3 is 0 Å². The van der Waals surface area contributed by atoms with Gasteiger partial charge in [-0.1, -0.05) is 133 Å². The highest BCUT2D eigenvalue weighted by molar-refractivity contribution is 5.86. The molecule has 4 aromatic carbocycles. The van der Waals surface area contributed by atoms with Crippen molar-refractivity contribution < 1.29 is 0 Å². The van der Waals surface area contributed by atoms with E-state index in [9.17, 15) is 0 Å².